The number of carbonyl (C=O) groups excluding carboxylic acids is 1. The van der Waals surface area contributed by atoms with E-state index < -0.39 is 0 Å². The predicted octanol–water partition coefficient (Wildman–Crippen LogP) is 3.38. The number of hydrogen-bond acceptors (Lipinski definition) is 1. The highest BCUT2D eigenvalue weighted by Crippen LogP contribution is 2.30. The highest BCUT2D eigenvalue weighted by atomic mass is 16.2. The SMILES string of the molecule is CCn1c2c(c3cc(C)ccc31)CCCCN(C)C2=O. The molecule has 1 aromatic heterocycles. The normalized spacial score (nSPS) is 16.1. The Hall–Kier alpha value is -1.77. The number of fused-ring (bicyclic) bond motifs is 3. The van der Waals surface area contributed by atoms with E-state index in [4.69, 9.17) is 0 Å². The summed E-state index contributed by atoms with van der Waals surface area (Å²) >= 11 is 0. The molecule has 1 aliphatic rings. The number of aromatic nitrogens is 1. The first-order chi connectivity index (χ1) is 9.63. The summed E-state index contributed by atoms with van der Waals surface area (Å²) < 4.78 is 2.19. The quantitative estimate of drug-likeness (QED) is 0.780. The van der Waals surface area contributed by atoms with Gasteiger partial charge in [0.05, 0.1) is 0 Å². The van der Waals surface area contributed by atoms with Crippen molar-refractivity contribution in [2.75, 3.05) is 13.6 Å². The second-order valence-corrected chi connectivity index (χ2v) is 5.78. The molecule has 0 spiro atoms. The number of amides is 1. The molecule has 0 unspecified atom stereocenters. The second kappa shape index (κ2) is 4.97. The third-order valence-corrected chi connectivity index (χ3v) is 4.36. The van der Waals surface area contributed by atoms with Crippen LogP contribution < -0.4 is 0 Å². The van der Waals surface area contributed by atoms with Gasteiger partial charge in [0.1, 0.15) is 5.69 Å². The van der Waals surface area contributed by atoms with Gasteiger partial charge in [0, 0.05) is 31.0 Å². The monoisotopic (exact) mass is 270 g/mol. The minimum atomic E-state index is 0.176. The van der Waals surface area contributed by atoms with Gasteiger partial charge in [-0.25, -0.2) is 0 Å². The van der Waals surface area contributed by atoms with E-state index in [1.807, 2.05) is 11.9 Å². The lowest BCUT2D eigenvalue weighted by molar-refractivity contribution is 0.0777. The number of rotatable bonds is 1. The second-order valence-electron chi connectivity index (χ2n) is 5.78. The van der Waals surface area contributed by atoms with Crippen LogP contribution in [-0.2, 0) is 13.0 Å². The molecule has 2 aromatic rings. The summed E-state index contributed by atoms with van der Waals surface area (Å²) in [5.41, 5.74) is 4.63. The first-order valence-electron chi connectivity index (χ1n) is 7.50. The van der Waals surface area contributed by atoms with Crippen LogP contribution in [0.15, 0.2) is 18.2 Å². The fourth-order valence-corrected chi connectivity index (χ4v) is 3.30. The van der Waals surface area contributed by atoms with E-state index in [2.05, 4.69) is 36.6 Å². The Morgan fingerprint density at radius 2 is 2.05 bits per heavy atom. The van der Waals surface area contributed by atoms with Gasteiger partial charge in [-0.3, -0.25) is 4.79 Å². The Labute approximate surface area is 120 Å². The van der Waals surface area contributed by atoms with Gasteiger partial charge >= 0.3 is 0 Å². The van der Waals surface area contributed by atoms with E-state index in [1.165, 1.54) is 22.0 Å². The molecule has 2 heterocycles. The van der Waals surface area contributed by atoms with Crippen molar-refractivity contribution in [3.63, 3.8) is 0 Å². The van der Waals surface area contributed by atoms with Crippen molar-refractivity contribution in [1.29, 1.82) is 0 Å². The predicted molar refractivity (Wildman–Crippen MR) is 82.2 cm³/mol. The molecule has 20 heavy (non-hydrogen) atoms. The molecular formula is C17H22N2O. The third-order valence-electron chi connectivity index (χ3n) is 4.36. The van der Waals surface area contributed by atoms with E-state index in [0.717, 1.165) is 38.0 Å². The van der Waals surface area contributed by atoms with Crippen molar-refractivity contribution in [3.05, 3.63) is 35.0 Å². The van der Waals surface area contributed by atoms with Crippen molar-refractivity contribution in [3.8, 4) is 0 Å². The fourth-order valence-electron chi connectivity index (χ4n) is 3.30. The van der Waals surface area contributed by atoms with E-state index in [1.54, 1.807) is 0 Å². The van der Waals surface area contributed by atoms with Crippen LogP contribution in [0.5, 0.6) is 0 Å². The standard InChI is InChI=1S/C17H22N2O/c1-4-19-15-9-8-12(2)11-14(15)13-7-5-6-10-18(3)17(20)16(13)19/h8-9,11H,4-7,10H2,1-3H3. The van der Waals surface area contributed by atoms with Gasteiger partial charge in [-0.1, -0.05) is 11.6 Å². The molecule has 3 heteroatoms. The van der Waals surface area contributed by atoms with Gasteiger partial charge in [0.25, 0.3) is 5.91 Å². The molecule has 0 atom stereocenters. The average Bonchev–Trinajstić information content (AvgIpc) is 2.73. The lowest BCUT2D eigenvalue weighted by Gasteiger charge is -2.22. The summed E-state index contributed by atoms with van der Waals surface area (Å²) in [6.45, 7) is 5.94. The minimum absolute atomic E-state index is 0.176. The molecule has 106 valence electrons. The number of hydrogen-bond donors (Lipinski definition) is 0. The summed E-state index contributed by atoms with van der Waals surface area (Å²) in [7, 11) is 1.92. The highest BCUT2D eigenvalue weighted by molar-refractivity contribution is 6.02. The van der Waals surface area contributed by atoms with Crippen molar-refractivity contribution >= 4 is 16.8 Å². The third kappa shape index (κ3) is 1.92. The van der Waals surface area contributed by atoms with Crippen LogP contribution >= 0.6 is 0 Å². The topological polar surface area (TPSA) is 25.2 Å². The first kappa shape index (κ1) is 13.2. The molecular weight excluding hydrogens is 248 g/mol. The van der Waals surface area contributed by atoms with Crippen molar-refractivity contribution < 1.29 is 4.79 Å². The van der Waals surface area contributed by atoms with E-state index in [9.17, 15) is 4.79 Å². The van der Waals surface area contributed by atoms with Crippen molar-refractivity contribution in [1.82, 2.24) is 9.47 Å². The van der Waals surface area contributed by atoms with Crippen LogP contribution in [0.2, 0.25) is 0 Å². The smallest absolute Gasteiger partial charge is 0.270 e. The molecule has 0 aliphatic carbocycles. The maximum Gasteiger partial charge on any atom is 0.270 e. The van der Waals surface area contributed by atoms with Crippen LogP contribution in [0.1, 0.15) is 41.4 Å². The van der Waals surface area contributed by atoms with Crippen LogP contribution in [-0.4, -0.2) is 29.0 Å². The molecule has 1 aromatic carbocycles. The molecule has 3 rings (SSSR count). The molecule has 0 radical (unpaired) electrons. The van der Waals surface area contributed by atoms with E-state index in [-0.39, 0.29) is 5.91 Å². The zero-order valence-electron chi connectivity index (χ0n) is 12.6. The van der Waals surface area contributed by atoms with Crippen molar-refractivity contribution in [2.45, 2.75) is 39.7 Å². The van der Waals surface area contributed by atoms with Gasteiger partial charge in [-0.2, -0.15) is 0 Å². The highest BCUT2D eigenvalue weighted by Gasteiger charge is 2.25. The lowest BCUT2D eigenvalue weighted by Crippen LogP contribution is -2.31. The first-order valence-corrected chi connectivity index (χ1v) is 7.50. The Balaban J connectivity index is 2.33. The number of benzene rings is 1. The zero-order chi connectivity index (χ0) is 14.3. The minimum Gasteiger partial charge on any atom is -0.340 e. The van der Waals surface area contributed by atoms with Gasteiger partial charge in [-0.05, 0) is 50.8 Å². The van der Waals surface area contributed by atoms with Crippen LogP contribution in [0.4, 0.5) is 0 Å². The van der Waals surface area contributed by atoms with Crippen LogP contribution in [0.3, 0.4) is 0 Å². The Morgan fingerprint density at radius 1 is 1.25 bits per heavy atom. The zero-order valence-corrected chi connectivity index (χ0v) is 12.6. The molecule has 0 fully saturated rings. The van der Waals surface area contributed by atoms with Gasteiger partial charge in [-0.15, -0.1) is 0 Å². The van der Waals surface area contributed by atoms with Crippen LogP contribution in [0.25, 0.3) is 10.9 Å². The molecule has 1 amide bonds. The van der Waals surface area contributed by atoms with Gasteiger partial charge in [0.15, 0.2) is 0 Å². The fraction of sp³-hybridized carbons (Fsp3) is 0.471. The summed E-state index contributed by atoms with van der Waals surface area (Å²) in [6, 6.07) is 6.53. The molecule has 0 saturated heterocycles. The molecule has 0 N–H and O–H groups in total. The largest absolute Gasteiger partial charge is 0.340 e. The number of aryl methyl sites for hydroxylation is 3. The Bertz CT molecular complexity index is 669. The molecule has 3 nitrogen and oxygen atoms in total. The van der Waals surface area contributed by atoms with Gasteiger partial charge < -0.3 is 9.47 Å². The van der Waals surface area contributed by atoms with E-state index in [0.29, 0.717) is 0 Å². The summed E-state index contributed by atoms with van der Waals surface area (Å²) in [5, 5.41) is 1.27. The summed E-state index contributed by atoms with van der Waals surface area (Å²) in [5.74, 6) is 0.176. The van der Waals surface area contributed by atoms with Crippen LogP contribution in [0, 0.1) is 6.92 Å². The lowest BCUT2D eigenvalue weighted by atomic mass is 10.0. The summed E-state index contributed by atoms with van der Waals surface area (Å²) in [6.07, 6.45) is 3.26. The average molecular weight is 270 g/mol. The number of carbonyl (C=O) groups is 1. The van der Waals surface area contributed by atoms with Crippen molar-refractivity contribution in [2.24, 2.45) is 0 Å². The molecule has 1 aliphatic heterocycles. The maximum atomic E-state index is 12.7. The van der Waals surface area contributed by atoms with Gasteiger partial charge in [0.2, 0.25) is 0 Å². The van der Waals surface area contributed by atoms with E-state index >= 15 is 0 Å². The maximum absolute atomic E-state index is 12.7. The molecule has 0 saturated carbocycles. The molecule has 0 bridgehead atoms. The summed E-state index contributed by atoms with van der Waals surface area (Å²) in [4.78, 5) is 14.6. The number of nitrogens with zero attached hydrogens (tertiary/aromatic N) is 2. The Morgan fingerprint density at radius 3 is 2.80 bits per heavy atom. The Kier molecular flexibility index (Phi) is 3.28.